The largest absolute Gasteiger partial charge is 0.337 e. The van der Waals surface area contributed by atoms with E-state index in [2.05, 4.69) is 15.5 Å². The van der Waals surface area contributed by atoms with Crippen LogP contribution in [-0.4, -0.2) is 27.0 Å². The Labute approximate surface area is 154 Å². The van der Waals surface area contributed by atoms with Crippen LogP contribution in [0.2, 0.25) is 10.0 Å². The van der Waals surface area contributed by atoms with Crippen molar-refractivity contribution in [2.24, 2.45) is 0 Å². The number of aromatic nitrogens is 2. The highest BCUT2D eigenvalue weighted by Gasteiger charge is 2.49. The van der Waals surface area contributed by atoms with Crippen molar-refractivity contribution in [3.63, 3.8) is 0 Å². The standard InChI is InChI=1S/C16H16Cl2N4O3/c1-3-4-12-19-13(25-21-12)8-22-14(23)16(2,20-15(22)24)9-5-6-10(17)11(18)7-9/h5-7H,3-4,8H2,1-2H3,(H,20,24). The Morgan fingerprint density at radius 2 is 2.04 bits per heavy atom. The molecule has 0 spiro atoms. The number of aryl methyl sites for hydroxylation is 1. The number of halogens is 2. The Balaban J connectivity index is 1.84. The minimum absolute atomic E-state index is 0.0850. The van der Waals surface area contributed by atoms with Gasteiger partial charge in [0, 0.05) is 6.42 Å². The summed E-state index contributed by atoms with van der Waals surface area (Å²) < 4.78 is 5.11. The lowest BCUT2D eigenvalue weighted by Gasteiger charge is -2.22. The van der Waals surface area contributed by atoms with Crippen LogP contribution < -0.4 is 5.32 Å². The molecule has 0 bridgehead atoms. The molecular weight excluding hydrogens is 367 g/mol. The van der Waals surface area contributed by atoms with E-state index in [0.29, 0.717) is 27.9 Å². The number of carbonyl (C=O) groups excluding carboxylic acids is 2. The average Bonchev–Trinajstić information content (AvgIpc) is 3.09. The fourth-order valence-corrected chi connectivity index (χ4v) is 2.96. The highest BCUT2D eigenvalue weighted by Crippen LogP contribution is 2.33. The van der Waals surface area contributed by atoms with E-state index in [-0.39, 0.29) is 12.4 Å². The molecule has 25 heavy (non-hydrogen) atoms. The van der Waals surface area contributed by atoms with Crippen molar-refractivity contribution in [2.75, 3.05) is 0 Å². The highest BCUT2D eigenvalue weighted by atomic mass is 35.5. The van der Waals surface area contributed by atoms with Crippen LogP contribution in [0.15, 0.2) is 22.7 Å². The van der Waals surface area contributed by atoms with E-state index in [1.165, 1.54) is 0 Å². The fraction of sp³-hybridized carbons (Fsp3) is 0.375. The van der Waals surface area contributed by atoms with Crippen LogP contribution in [0.25, 0.3) is 0 Å². The fourth-order valence-electron chi connectivity index (χ4n) is 2.66. The molecule has 0 aliphatic carbocycles. The van der Waals surface area contributed by atoms with E-state index < -0.39 is 17.5 Å². The van der Waals surface area contributed by atoms with Crippen LogP contribution in [-0.2, 0) is 23.3 Å². The van der Waals surface area contributed by atoms with Gasteiger partial charge in [0.1, 0.15) is 12.1 Å². The molecule has 7 nitrogen and oxygen atoms in total. The van der Waals surface area contributed by atoms with Gasteiger partial charge in [0.2, 0.25) is 5.89 Å². The van der Waals surface area contributed by atoms with Gasteiger partial charge in [-0.05, 0) is 31.0 Å². The number of nitrogens with zero attached hydrogens (tertiary/aromatic N) is 3. The minimum atomic E-state index is -1.24. The maximum atomic E-state index is 12.8. The van der Waals surface area contributed by atoms with Crippen LogP contribution in [0, 0.1) is 0 Å². The normalized spacial score (nSPS) is 20.2. The van der Waals surface area contributed by atoms with E-state index in [9.17, 15) is 9.59 Å². The summed E-state index contributed by atoms with van der Waals surface area (Å²) in [7, 11) is 0. The van der Waals surface area contributed by atoms with Crippen LogP contribution in [0.1, 0.15) is 37.5 Å². The molecule has 2 aromatic rings. The summed E-state index contributed by atoms with van der Waals surface area (Å²) in [6, 6.07) is 4.27. The van der Waals surface area contributed by atoms with Gasteiger partial charge in [0.25, 0.3) is 5.91 Å². The first-order chi connectivity index (χ1) is 11.8. The Morgan fingerprint density at radius 3 is 2.72 bits per heavy atom. The summed E-state index contributed by atoms with van der Waals surface area (Å²) in [5.41, 5.74) is -0.697. The van der Waals surface area contributed by atoms with Crippen LogP contribution in [0.3, 0.4) is 0 Å². The molecule has 2 heterocycles. The van der Waals surface area contributed by atoms with E-state index in [0.717, 1.165) is 11.3 Å². The van der Waals surface area contributed by atoms with E-state index >= 15 is 0 Å². The molecule has 1 fully saturated rings. The molecule has 0 saturated carbocycles. The van der Waals surface area contributed by atoms with Gasteiger partial charge in [-0.1, -0.05) is 41.3 Å². The van der Waals surface area contributed by atoms with Crippen molar-refractivity contribution < 1.29 is 14.1 Å². The molecular formula is C16H16Cl2N4O3. The lowest BCUT2D eigenvalue weighted by atomic mass is 9.92. The van der Waals surface area contributed by atoms with Gasteiger partial charge in [-0.15, -0.1) is 0 Å². The van der Waals surface area contributed by atoms with Crippen LogP contribution in [0.5, 0.6) is 0 Å². The first-order valence-electron chi connectivity index (χ1n) is 7.76. The predicted molar refractivity (Wildman–Crippen MR) is 91.2 cm³/mol. The van der Waals surface area contributed by atoms with Gasteiger partial charge in [0.15, 0.2) is 5.82 Å². The van der Waals surface area contributed by atoms with Gasteiger partial charge in [-0.2, -0.15) is 4.98 Å². The van der Waals surface area contributed by atoms with Crippen LogP contribution in [0.4, 0.5) is 4.79 Å². The number of hydrogen-bond acceptors (Lipinski definition) is 5. The molecule has 1 aromatic carbocycles. The summed E-state index contributed by atoms with van der Waals surface area (Å²) in [6.45, 7) is 3.53. The monoisotopic (exact) mass is 382 g/mol. The predicted octanol–water partition coefficient (Wildman–Crippen LogP) is 3.30. The molecule has 3 amide bonds. The number of hydrogen-bond donors (Lipinski definition) is 1. The zero-order valence-corrected chi connectivity index (χ0v) is 15.2. The van der Waals surface area contributed by atoms with E-state index in [1.807, 2.05) is 6.92 Å². The summed E-state index contributed by atoms with van der Waals surface area (Å²) in [4.78, 5) is 30.4. The molecule has 1 aliphatic heterocycles. The third-order valence-electron chi connectivity index (χ3n) is 4.05. The quantitative estimate of drug-likeness (QED) is 0.801. The Hall–Kier alpha value is -2.12. The maximum absolute atomic E-state index is 12.8. The lowest BCUT2D eigenvalue weighted by Crippen LogP contribution is -2.40. The van der Waals surface area contributed by atoms with Crippen molar-refractivity contribution in [3.8, 4) is 0 Å². The first-order valence-corrected chi connectivity index (χ1v) is 8.52. The van der Waals surface area contributed by atoms with Gasteiger partial charge < -0.3 is 9.84 Å². The van der Waals surface area contributed by atoms with Crippen molar-refractivity contribution in [1.29, 1.82) is 0 Å². The molecule has 3 rings (SSSR count). The molecule has 1 N–H and O–H groups in total. The zero-order valence-electron chi connectivity index (χ0n) is 13.7. The second-order valence-electron chi connectivity index (χ2n) is 5.93. The SMILES string of the molecule is CCCc1noc(CN2C(=O)NC(C)(c3ccc(Cl)c(Cl)c3)C2=O)n1. The zero-order chi connectivity index (χ0) is 18.2. The van der Waals surface area contributed by atoms with E-state index in [4.69, 9.17) is 27.7 Å². The number of urea groups is 1. The number of imide groups is 1. The third-order valence-corrected chi connectivity index (χ3v) is 4.79. The van der Waals surface area contributed by atoms with Crippen molar-refractivity contribution in [3.05, 3.63) is 45.5 Å². The van der Waals surface area contributed by atoms with E-state index in [1.54, 1.807) is 25.1 Å². The smallest absolute Gasteiger partial charge is 0.325 e. The first kappa shape index (κ1) is 17.7. The number of nitrogens with one attached hydrogen (secondary N) is 1. The molecule has 1 aromatic heterocycles. The van der Waals surface area contributed by atoms with Crippen molar-refractivity contribution >= 4 is 35.1 Å². The number of carbonyl (C=O) groups is 2. The topological polar surface area (TPSA) is 88.3 Å². The Morgan fingerprint density at radius 1 is 1.28 bits per heavy atom. The second-order valence-corrected chi connectivity index (χ2v) is 6.74. The molecule has 1 aliphatic rings. The molecule has 1 saturated heterocycles. The summed E-state index contributed by atoms with van der Waals surface area (Å²) in [5.74, 6) is 0.341. The average molecular weight is 383 g/mol. The maximum Gasteiger partial charge on any atom is 0.325 e. The Bertz CT molecular complexity index is 839. The van der Waals surface area contributed by atoms with Gasteiger partial charge >= 0.3 is 6.03 Å². The highest BCUT2D eigenvalue weighted by molar-refractivity contribution is 6.42. The van der Waals surface area contributed by atoms with Gasteiger partial charge in [-0.25, -0.2) is 4.79 Å². The van der Waals surface area contributed by atoms with Gasteiger partial charge in [-0.3, -0.25) is 9.69 Å². The minimum Gasteiger partial charge on any atom is -0.337 e. The summed E-state index contributed by atoms with van der Waals surface area (Å²) in [6.07, 6.45) is 1.54. The molecule has 1 unspecified atom stereocenters. The van der Waals surface area contributed by atoms with Gasteiger partial charge in [0.05, 0.1) is 10.0 Å². The van der Waals surface area contributed by atoms with Crippen LogP contribution >= 0.6 is 23.2 Å². The number of rotatable bonds is 5. The number of benzene rings is 1. The lowest BCUT2D eigenvalue weighted by molar-refractivity contribution is -0.131. The number of amides is 3. The molecule has 0 radical (unpaired) electrons. The molecule has 132 valence electrons. The summed E-state index contributed by atoms with van der Waals surface area (Å²) in [5, 5.41) is 7.20. The van der Waals surface area contributed by atoms with Crippen molar-refractivity contribution in [1.82, 2.24) is 20.4 Å². The van der Waals surface area contributed by atoms with Crippen molar-refractivity contribution in [2.45, 2.75) is 38.8 Å². The third kappa shape index (κ3) is 3.21. The summed E-state index contributed by atoms with van der Waals surface area (Å²) >= 11 is 12.0. The molecule has 9 heteroatoms. The second kappa shape index (κ2) is 6.65. The Kier molecular flexibility index (Phi) is 4.71. The molecule has 1 atom stereocenters.